The first kappa shape index (κ1) is 8.14. The van der Waals surface area contributed by atoms with E-state index in [9.17, 15) is 12.6 Å². The van der Waals surface area contributed by atoms with Crippen molar-refractivity contribution in [1.29, 1.82) is 0 Å². The predicted molar refractivity (Wildman–Crippen MR) is 28.4 cm³/mol. The normalized spacial score (nSPS) is 17.4. The third-order valence-corrected chi connectivity index (χ3v) is 2.19. The number of hydrogen-bond donors (Lipinski definition) is 2. The van der Waals surface area contributed by atoms with E-state index in [1.165, 1.54) is 10.2 Å². The summed E-state index contributed by atoms with van der Waals surface area (Å²) in [5.41, 5.74) is 0. The molecule has 0 saturated carbocycles. The van der Waals surface area contributed by atoms with Crippen LogP contribution in [0.3, 0.4) is 0 Å². The molecule has 0 rings (SSSR count). The summed E-state index contributed by atoms with van der Waals surface area (Å²) in [6.45, 7) is 0. The molecule has 0 aliphatic carbocycles. The molecule has 2 N–H and O–H groups in total. The Hall–Kier alpha value is 0.140. The maximum absolute atomic E-state index is 11.8. The Balaban J connectivity index is 3.99. The zero-order valence-electron chi connectivity index (χ0n) is 4.58. The van der Waals surface area contributed by atoms with Crippen LogP contribution in [0.4, 0.5) is 12.6 Å². The van der Waals surface area contributed by atoms with Crippen LogP contribution >= 0.6 is 7.84 Å². The molecule has 0 aromatic rings. The van der Waals surface area contributed by atoms with Crippen molar-refractivity contribution < 1.29 is 12.6 Å². The second-order valence-corrected chi connectivity index (χ2v) is 3.77. The molecule has 0 amide bonds. The van der Waals surface area contributed by atoms with Crippen LogP contribution in [0.2, 0.25) is 0 Å². The second-order valence-electron chi connectivity index (χ2n) is 1.26. The SMILES string of the molecule is CNP(F)(F)(F)NC. The third kappa shape index (κ3) is 2.45. The van der Waals surface area contributed by atoms with E-state index in [1.54, 1.807) is 0 Å². The van der Waals surface area contributed by atoms with Gasteiger partial charge in [-0.05, 0) is 0 Å². The van der Waals surface area contributed by atoms with Crippen LogP contribution in [-0.4, -0.2) is 14.1 Å². The molecular weight excluding hydrogens is 140 g/mol. The number of nitrogens with one attached hydrogen (secondary N) is 2. The van der Waals surface area contributed by atoms with Gasteiger partial charge in [0, 0.05) is 0 Å². The molecule has 0 aliphatic heterocycles. The number of halogens is 3. The molecule has 0 heterocycles. The molecule has 52 valence electrons. The first-order valence-electron chi connectivity index (χ1n) is 1.95. The van der Waals surface area contributed by atoms with Crippen LogP contribution in [0, 0.1) is 0 Å². The van der Waals surface area contributed by atoms with Gasteiger partial charge in [-0.25, -0.2) is 0 Å². The van der Waals surface area contributed by atoms with E-state index in [4.69, 9.17) is 0 Å². The van der Waals surface area contributed by atoms with Gasteiger partial charge in [0.15, 0.2) is 0 Å². The van der Waals surface area contributed by atoms with Crippen LogP contribution in [0.25, 0.3) is 0 Å². The molecule has 0 aliphatic rings. The summed E-state index contributed by atoms with van der Waals surface area (Å²) >= 11 is 0. The number of hydrogen-bond acceptors (Lipinski definition) is 2. The molecule has 0 bridgehead atoms. The van der Waals surface area contributed by atoms with Gasteiger partial charge in [-0.2, -0.15) is 0 Å². The van der Waals surface area contributed by atoms with Crippen molar-refractivity contribution in [1.82, 2.24) is 10.2 Å². The van der Waals surface area contributed by atoms with Crippen LogP contribution in [-0.2, 0) is 0 Å². The molecule has 0 aromatic heterocycles. The third-order valence-electron chi connectivity index (χ3n) is 0.731. The molecular formula is C2H8F3N2P. The quantitative estimate of drug-likeness (QED) is 0.579. The molecule has 6 heteroatoms. The van der Waals surface area contributed by atoms with Gasteiger partial charge < -0.3 is 0 Å². The van der Waals surface area contributed by atoms with Crippen molar-refractivity contribution in [3.63, 3.8) is 0 Å². The zero-order valence-corrected chi connectivity index (χ0v) is 5.48. The van der Waals surface area contributed by atoms with E-state index in [0.29, 0.717) is 0 Å². The van der Waals surface area contributed by atoms with Crippen molar-refractivity contribution in [2.75, 3.05) is 14.1 Å². The Labute approximate surface area is 45.8 Å². The summed E-state index contributed by atoms with van der Waals surface area (Å²) in [6, 6.07) is 0. The Morgan fingerprint density at radius 2 is 1.25 bits per heavy atom. The molecule has 0 radical (unpaired) electrons. The van der Waals surface area contributed by atoms with Crippen LogP contribution in [0.5, 0.6) is 0 Å². The van der Waals surface area contributed by atoms with Gasteiger partial charge in [-0.1, -0.05) is 0 Å². The topological polar surface area (TPSA) is 24.1 Å². The molecule has 0 spiro atoms. The Bertz CT molecular complexity index is 79.0. The predicted octanol–water partition coefficient (Wildman–Crippen LogP) is 1.46. The summed E-state index contributed by atoms with van der Waals surface area (Å²) in [4.78, 5) is 0. The van der Waals surface area contributed by atoms with Crippen LogP contribution in [0.1, 0.15) is 0 Å². The van der Waals surface area contributed by atoms with E-state index >= 15 is 0 Å². The monoisotopic (exact) mass is 148 g/mol. The average Bonchev–Trinajstić information content (AvgIpc) is 1.68. The minimum absolute atomic E-state index is 0.869. The van der Waals surface area contributed by atoms with E-state index in [2.05, 4.69) is 0 Å². The second kappa shape index (κ2) is 1.83. The van der Waals surface area contributed by atoms with Gasteiger partial charge in [-0.15, -0.1) is 0 Å². The average molecular weight is 148 g/mol. The standard InChI is InChI=1S/C2H8F3N2P/c1-6-8(3,4,5)7-2/h6-7H,1-2H3. The van der Waals surface area contributed by atoms with Crippen molar-refractivity contribution in [2.24, 2.45) is 0 Å². The summed E-state index contributed by atoms with van der Waals surface area (Å²) in [7, 11) is -4.36. The Kier molecular flexibility index (Phi) is 1.86. The fraction of sp³-hybridized carbons (Fsp3) is 1.00. The van der Waals surface area contributed by atoms with Crippen molar-refractivity contribution >= 4 is 7.84 Å². The fourth-order valence-corrected chi connectivity index (χ4v) is 0.335. The Morgan fingerprint density at radius 3 is 1.25 bits per heavy atom. The molecule has 0 fully saturated rings. The molecule has 2 nitrogen and oxygen atoms in total. The van der Waals surface area contributed by atoms with Gasteiger partial charge in [0.2, 0.25) is 0 Å². The molecule has 0 aromatic carbocycles. The fourth-order valence-electron chi connectivity index (χ4n) is 0.112. The first-order valence-corrected chi connectivity index (χ1v) is 3.86. The van der Waals surface area contributed by atoms with Crippen LogP contribution in [0.15, 0.2) is 0 Å². The Morgan fingerprint density at radius 1 is 1.00 bits per heavy atom. The summed E-state index contributed by atoms with van der Waals surface area (Å²) in [6.07, 6.45) is 0. The van der Waals surface area contributed by atoms with Crippen molar-refractivity contribution in [3.8, 4) is 0 Å². The summed E-state index contributed by atoms with van der Waals surface area (Å²) < 4.78 is 35.4. The number of rotatable bonds is 2. The first-order chi connectivity index (χ1) is 3.39. The maximum atomic E-state index is 11.8. The van der Waals surface area contributed by atoms with E-state index in [1.807, 2.05) is 0 Å². The van der Waals surface area contributed by atoms with Gasteiger partial charge in [0.25, 0.3) is 0 Å². The summed E-state index contributed by atoms with van der Waals surface area (Å²) in [5, 5.41) is 2.57. The molecule has 0 saturated heterocycles. The van der Waals surface area contributed by atoms with Gasteiger partial charge in [0.05, 0.1) is 0 Å². The van der Waals surface area contributed by atoms with E-state index in [0.717, 1.165) is 14.1 Å². The van der Waals surface area contributed by atoms with Crippen LogP contribution < -0.4 is 10.2 Å². The van der Waals surface area contributed by atoms with Gasteiger partial charge in [0.1, 0.15) is 0 Å². The van der Waals surface area contributed by atoms with Crippen molar-refractivity contribution in [3.05, 3.63) is 0 Å². The summed E-state index contributed by atoms with van der Waals surface area (Å²) in [5.74, 6) is 0. The molecule has 0 unspecified atom stereocenters. The minimum atomic E-state index is -6.10. The van der Waals surface area contributed by atoms with E-state index < -0.39 is 7.84 Å². The molecule has 0 atom stereocenters. The molecule has 8 heavy (non-hydrogen) atoms. The van der Waals surface area contributed by atoms with Crippen molar-refractivity contribution in [2.45, 2.75) is 0 Å². The van der Waals surface area contributed by atoms with Gasteiger partial charge in [-0.3, -0.25) is 0 Å². The zero-order chi connectivity index (χ0) is 6.86. The van der Waals surface area contributed by atoms with Gasteiger partial charge >= 0.3 is 44.7 Å². The van der Waals surface area contributed by atoms with E-state index in [-0.39, 0.29) is 0 Å².